The molecule has 304 valence electrons. The molecule has 1 saturated carbocycles. The number of nitrogens with zero attached hydrogens (tertiary/aromatic N) is 2. The smallest absolute Gasteiger partial charge is 0.330 e. The fourth-order valence-corrected chi connectivity index (χ4v) is 14.1. The standard InChI is InChI=1S/C57H57BN2S/c1-53(2,3)35-26-27-45(39(30-35)34-20-12-11-13-21-34)59-51-47-40(37-22-14-16-24-43(37)55(47,7)8)33-41-42-31-36(54(4,5)6)32-44-50(42)60(57(10)29-19-18-28-56(44,57)9)58(48(41)51)49-38-23-15-17-25-46(38)61-52(49)59/h11-17,20-27,30-33H,18-19,28-29H2,1-10H3. The minimum atomic E-state index is -0.224. The molecule has 6 aromatic carbocycles. The molecule has 0 bridgehead atoms. The van der Waals surface area contributed by atoms with E-state index in [0.29, 0.717) is 0 Å². The van der Waals surface area contributed by atoms with Crippen molar-refractivity contribution in [3.63, 3.8) is 0 Å². The zero-order chi connectivity index (χ0) is 42.2. The normalized spacial score (nSPS) is 21.5. The summed E-state index contributed by atoms with van der Waals surface area (Å²) < 4.78 is 1.36. The average Bonchev–Trinajstić information content (AvgIpc) is 3.80. The van der Waals surface area contributed by atoms with Crippen molar-refractivity contribution in [2.24, 2.45) is 0 Å². The number of fused-ring (bicyclic) bond motifs is 13. The molecule has 2 unspecified atom stereocenters. The van der Waals surface area contributed by atoms with Crippen LogP contribution in [0.25, 0.3) is 43.5 Å². The average molecular weight is 813 g/mol. The van der Waals surface area contributed by atoms with Crippen molar-refractivity contribution < 1.29 is 0 Å². The van der Waals surface area contributed by atoms with Gasteiger partial charge in [0.1, 0.15) is 0 Å². The van der Waals surface area contributed by atoms with Gasteiger partial charge < -0.3 is 9.71 Å². The van der Waals surface area contributed by atoms with Crippen LogP contribution in [0.1, 0.15) is 123 Å². The molecule has 61 heavy (non-hydrogen) atoms. The molecule has 4 heteroatoms. The predicted molar refractivity (Wildman–Crippen MR) is 264 cm³/mol. The van der Waals surface area contributed by atoms with Gasteiger partial charge >= 0.3 is 6.85 Å². The van der Waals surface area contributed by atoms with E-state index in [9.17, 15) is 0 Å². The van der Waals surface area contributed by atoms with E-state index in [4.69, 9.17) is 0 Å². The van der Waals surface area contributed by atoms with Crippen LogP contribution in [0.2, 0.25) is 0 Å². The number of hydrogen-bond acceptors (Lipinski definition) is 3. The van der Waals surface area contributed by atoms with Gasteiger partial charge in [-0.1, -0.05) is 160 Å². The fraction of sp³-hybridized carbons (Fsp3) is 0.333. The van der Waals surface area contributed by atoms with Crippen LogP contribution < -0.4 is 20.6 Å². The van der Waals surface area contributed by atoms with E-state index >= 15 is 0 Å². The van der Waals surface area contributed by atoms with Crippen LogP contribution >= 0.6 is 11.3 Å². The Kier molecular flexibility index (Phi) is 7.48. The second-order valence-corrected chi connectivity index (χ2v) is 23.1. The number of hydrogen-bond donors (Lipinski definition) is 0. The number of benzene rings is 6. The number of rotatable bonds is 2. The lowest BCUT2D eigenvalue weighted by molar-refractivity contribution is 0.199. The third-order valence-electron chi connectivity index (χ3n) is 16.3. The molecule has 2 aliphatic carbocycles. The molecule has 0 radical (unpaired) electrons. The Balaban J connectivity index is 1.30. The maximum absolute atomic E-state index is 3.03. The van der Waals surface area contributed by atoms with E-state index in [1.54, 1.807) is 5.56 Å². The molecule has 1 fully saturated rings. The number of anilines is 4. The summed E-state index contributed by atoms with van der Waals surface area (Å²) in [7, 11) is 0. The quantitative estimate of drug-likeness (QED) is 0.160. The van der Waals surface area contributed by atoms with Crippen molar-refractivity contribution in [2.45, 2.75) is 122 Å². The highest BCUT2D eigenvalue weighted by atomic mass is 32.1. The first-order valence-electron chi connectivity index (χ1n) is 22.9. The first-order chi connectivity index (χ1) is 29.0. The first kappa shape index (κ1) is 37.7. The van der Waals surface area contributed by atoms with Crippen molar-refractivity contribution in [2.75, 3.05) is 9.71 Å². The van der Waals surface area contributed by atoms with E-state index in [-0.39, 0.29) is 34.0 Å². The van der Waals surface area contributed by atoms with Crippen LogP contribution in [0.4, 0.5) is 22.1 Å². The Morgan fingerprint density at radius 1 is 0.574 bits per heavy atom. The van der Waals surface area contributed by atoms with E-state index in [0.717, 1.165) is 0 Å². The van der Waals surface area contributed by atoms with Gasteiger partial charge in [0.2, 0.25) is 0 Å². The lowest BCUT2D eigenvalue weighted by Crippen LogP contribution is -2.70. The van der Waals surface area contributed by atoms with Crippen LogP contribution in [0.15, 0.2) is 115 Å². The van der Waals surface area contributed by atoms with Gasteiger partial charge in [0.25, 0.3) is 0 Å². The highest BCUT2D eigenvalue weighted by Gasteiger charge is 2.64. The van der Waals surface area contributed by atoms with Crippen LogP contribution in [-0.4, -0.2) is 12.4 Å². The van der Waals surface area contributed by atoms with Gasteiger partial charge in [0.15, 0.2) is 0 Å². The van der Waals surface area contributed by atoms with Gasteiger partial charge in [-0.05, 0) is 127 Å². The van der Waals surface area contributed by atoms with Gasteiger partial charge in [-0.15, -0.1) is 11.3 Å². The summed E-state index contributed by atoms with van der Waals surface area (Å²) in [4.78, 5) is 5.82. The molecule has 2 atom stereocenters. The molecule has 0 saturated heterocycles. The Labute approximate surface area is 367 Å². The van der Waals surface area contributed by atoms with Crippen LogP contribution in [0.3, 0.4) is 0 Å². The maximum atomic E-state index is 3.03. The molecule has 7 aromatic rings. The monoisotopic (exact) mass is 812 g/mol. The molecular weight excluding hydrogens is 756 g/mol. The van der Waals surface area contributed by atoms with Crippen molar-refractivity contribution in [3.05, 3.63) is 143 Å². The summed E-state index contributed by atoms with van der Waals surface area (Å²) >= 11 is 2.00. The fourth-order valence-electron chi connectivity index (χ4n) is 12.8. The van der Waals surface area contributed by atoms with E-state index in [1.807, 2.05) is 11.3 Å². The molecule has 1 aromatic heterocycles. The third kappa shape index (κ3) is 4.76. The zero-order valence-corrected chi connectivity index (χ0v) is 38.5. The third-order valence-corrected chi connectivity index (χ3v) is 17.5. The Bertz CT molecular complexity index is 3030. The lowest BCUT2D eigenvalue weighted by Gasteiger charge is -2.55. The molecule has 0 N–H and O–H groups in total. The predicted octanol–water partition coefficient (Wildman–Crippen LogP) is 14.4. The maximum Gasteiger partial charge on any atom is 0.330 e. The highest BCUT2D eigenvalue weighted by molar-refractivity contribution is 7.26. The molecule has 0 spiro atoms. The van der Waals surface area contributed by atoms with Crippen molar-refractivity contribution in [1.29, 1.82) is 0 Å². The molecule has 3 aliphatic heterocycles. The molecule has 5 aliphatic rings. The minimum Gasteiger partial charge on any atom is -0.400 e. The first-order valence-corrected chi connectivity index (χ1v) is 23.7. The van der Waals surface area contributed by atoms with Crippen LogP contribution in [0, 0.1) is 0 Å². The number of thiophene rings is 1. The second kappa shape index (κ2) is 12.1. The van der Waals surface area contributed by atoms with Gasteiger partial charge in [-0.2, -0.15) is 0 Å². The molecular formula is C57H57BN2S. The van der Waals surface area contributed by atoms with Crippen molar-refractivity contribution >= 4 is 61.3 Å². The van der Waals surface area contributed by atoms with E-state index < -0.39 is 0 Å². The van der Waals surface area contributed by atoms with E-state index in [2.05, 4.69) is 194 Å². The summed E-state index contributed by atoms with van der Waals surface area (Å²) in [6.45, 7) is 24.6. The molecule has 12 rings (SSSR count). The SMILES string of the molecule is CC(C)(C)c1ccc(N2c3sc4ccccc4c3B3c4c(cc5c(c42)C(C)(C)c2ccccc2-5)-c2cc(C(C)(C)C)cc4c2N3C2(C)CCCCC42C)c(-c2ccccc2)c1. The highest BCUT2D eigenvalue weighted by Crippen LogP contribution is 2.66. The van der Waals surface area contributed by atoms with Crippen LogP contribution in [0.5, 0.6) is 0 Å². The topological polar surface area (TPSA) is 6.48 Å². The zero-order valence-electron chi connectivity index (χ0n) is 37.7. The molecule has 0 amide bonds. The Morgan fingerprint density at radius 3 is 2.03 bits per heavy atom. The van der Waals surface area contributed by atoms with Crippen molar-refractivity contribution in [3.8, 4) is 33.4 Å². The molecule has 4 heterocycles. The summed E-state index contributed by atoms with van der Waals surface area (Å²) in [5.41, 5.74) is 22.4. The van der Waals surface area contributed by atoms with Crippen molar-refractivity contribution in [1.82, 2.24) is 0 Å². The summed E-state index contributed by atoms with van der Waals surface area (Å²) in [6, 6.07) is 45.2. The lowest BCUT2D eigenvalue weighted by atomic mass is 9.42. The second-order valence-electron chi connectivity index (χ2n) is 22.0. The largest absolute Gasteiger partial charge is 0.400 e. The van der Waals surface area contributed by atoms with Gasteiger partial charge in [-0.3, -0.25) is 0 Å². The summed E-state index contributed by atoms with van der Waals surface area (Å²) in [6.07, 6.45) is 4.96. The summed E-state index contributed by atoms with van der Waals surface area (Å²) in [5.74, 6) is 0. The Morgan fingerprint density at radius 2 is 1.26 bits per heavy atom. The minimum absolute atomic E-state index is 0.00134. The van der Waals surface area contributed by atoms with Gasteiger partial charge in [0, 0.05) is 43.6 Å². The summed E-state index contributed by atoms with van der Waals surface area (Å²) in [5, 5.41) is 2.77. The molecule has 2 nitrogen and oxygen atoms in total. The van der Waals surface area contributed by atoms with Gasteiger partial charge in [-0.25, -0.2) is 0 Å². The van der Waals surface area contributed by atoms with Crippen LogP contribution in [-0.2, 0) is 21.7 Å². The van der Waals surface area contributed by atoms with E-state index in [1.165, 1.54) is 124 Å². The van der Waals surface area contributed by atoms with Gasteiger partial charge in [0.05, 0.1) is 10.7 Å². The Hall–Kier alpha value is -5.06.